The highest BCUT2D eigenvalue weighted by Gasteiger charge is 2.27. The molecule has 25 heavy (non-hydrogen) atoms. The van der Waals surface area contributed by atoms with Crippen molar-refractivity contribution in [3.63, 3.8) is 0 Å². The zero-order valence-corrected chi connectivity index (χ0v) is 14.7. The first-order valence-electron chi connectivity index (χ1n) is 8.59. The number of nitriles is 1. The number of carbonyl (C=O) groups excluding carboxylic acids is 1. The molecular weight excluding hydrogens is 322 g/mol. The summed E-state index contributed by atoms with van der Waals surface area (Å²) in [6.07, 6.45) is -0.263. The molecule has 2 heterocycles. The van der Waals surface area contributed by atoms with Crippen LogP contribution in [0.25, 0.3) is 0 Å². The van der Waals surface area contributed by atoms with Crippen LogP contribution >= 0.6 is 0 Å². The van der Waals surface area contributed by atoms with Crippen molar-refractivity contribution in [2.24, 2.45) is 5.92 Å². The van der Waals surface area contributed by atoms with E-state index in [-0.39, 0.29) is 6.09 Å². The maximum Gasteiger partial charge on any atom is 0.409 e. The number of rotatable bonds is 3. The summed E-state index contributed by atoms with van der Waals surface area (Å²) in [5.41, 5.74) is 1.39. The standard InChI is InChI=1S/C18H23N3O4/c1-13(2)12-25-18(22)21-5-3-20(4-6-21)15-9-14(11-19)10-16-17(15)24-8-7-23-16/h9-10,13H,3-8,12H2,1-2H3. The summed E-state index contributed by atoms with van der Waals surface area (Å²) in [6.45, 7) is 7.89. The number of amides is 1. The highest BCUT2D eigenvalue weighted by Crippen LogP contribution is 2.41. The van der Waals surface area contributed by atoms with Crippen LogP contribution in [0.1, 0.15) is 19.4 Å². The number of hydrogen-bond acceptors (Lipinski definition) is 6. The molecule has 3 rings (SSSR count). The van der Waals surface area contributed by atoms with Crippen molar-refractivity contribution in [2.75, 3.05) is 50.9 Å². The third-order valence-electron chi connectivity index (χ3n) is 4.17. The van der Waals surface area contributed by atoms with E-state index in [1.165, 1.54) is 0 Å². The maximum absolute atomic E-state index is 12.1. The average molecular weight is 345 g/mol. The van der Waals surface area contributed by atoms with Crippen molar-refractivity contribution in [1.29, 1.82) is 5.26 Å². The van der Waals surface area contributed by atoms with Gasteiger partial charge in [0.1, 0.15) is 13.2 Å². The summed E-state index contributed by atoms with van der Waals surface area (Å²) < 4.78 is 16.7. The van der Waals surface area contributed by atoms with Gasteiger partial charge in [0, 0.05) is 32.2 Å². The SMILES string of the molecule is CC(C)COC(=O)N1CCN(c2cc(C#N)cc3c2OCCO3)CC1. The van der Waals surface area contributed by atoms with Crippen LogP contribution in [0.5, 0.6) is 11.5 Å². The Labute approximate surface area is 147 Å². The fraction of sp³-hybridized carbons (Fsp3) is 0.556. The first kappa shape index (κ1) is 17.2. The highest BCUT2D eigenvalue weighted by molar-refractivity contribution is 5.70. The number of piperazine rings is 1. The van der Waals surface area contributed by atoms with E-state index in [1.807, 2.05) is 19.9 Å². The van der Waals surface area contributed by atoms with Crippen molar-refractivity contribution >= 4 is 11.8 Å². The molecule has 0 N–H and O–H groups in total. The lowest BCUT2D eigenvalue weighted by Crippen LogP contribution is -2.49. The van der Waals surface area contributed by atoms with Crippen LogP contribution in [0.2, 0.25) is 0 Å². The Morgan fingerprint density at radius 3 is 2.64 bits per heavy atom. The molecule has 0 radical (unpaired) electrons. The number of anilines is 1. The monoisotopic (exact) mass is 345 g/mol. The van der Waals surface area contributed by atoms with Gasteiger partial charge in [-0.3, -0.25) is 0 Å². The zero-order valence-electron chi connectivity index (χ0n) is 14.7. The van der Waals surface area contributed by atoms with Gasteiger partial charge in [0.15, 0.2) is 11.5 Å². The summed E-state index contributed by atoms with van der Waals surface area (Å²) in [5.74, 6) is 1.61. The summed E-state index contributed by atoms with van der Waals surface area (Å²) in [7, 11) is 0. The molecule has 0 spiro atoms. The second-order valence-corrected chi connectivity index (χ2v) is 6.58. The summed E-state index contributed by atoms with van der Waals surface area (Å²) in [5, 5.41) is 9.25. The number of hydrogen-bond donors (Lipinski definition) is 0. The Balaban J connectivity index is 1.69. The van der Waals surface area contributed by atoms with Crippen molar-refractivity contribution in [3.05, 3.63) is 17.7 Å². The average Bonchev–Trinajstić information content (AvgIpc) is 2.65. The first-order valence-corrected chi connectivity index (χ1v) is 8.59. The molecule has 2 aliphatic rings. The molecule has 1 fully saturated rings. The van der Waals surface area contributed by atoms with Crippen LogP contribution in [0.4, 0.5) is 10.5 Å². The summed E-state index contributed by atoms with van der Waals surface area (Å²) in [6, 6.07) is 5.69. The molecule has 2 aliphatic heterocycles. The number of fused-ring (bicyclic) bond motifs is 1. The Morgan fingerprint density at radius 2 is 1.96 bits per heavy atom. The predicted octanol–water partition coefficient (Wildman–Crippen LogP) is 2.24. The van der Waals surface area contributed by atoms with Gasteiger partial charge in [-0.15, -0.1) is 0 Å². The molecule has 7 nitrogen and oxygen atoms in total. The molecular formula is C18H23N3O4. The zero-order chi connectivity index (χ0) is 17.8. The molecule has 0 aliphatic carbocycles. The predicted molar refractivity (Wildman–Crippen MR) is 92.1 cm³/mol. The van der Waals surface area contributed by atoms with Gasteiger partial charge in [-0.25, -0.2) is 4.79 Å². The summed E-state index contributed by atoms with van der Waals surface area (Å²) >= 11 is 0. The Bertz CT molecular complexity index is 676. The van der Waals surface area contributed by atoms with Crippen molar-refractivity contribution in [1.82, 2.24) is 4.90 Å². The van der Waals surface area contributed by atoms with Crippen LogP contribution in [0.15, 0.2) is 12.1 Å². The van der Waals surface area contributed by atoms with Crippen LogP contribution in [0.3, 0.4) is 0 Å². The van der Waals surface area contributed by atoms with E-state index in [1.54, 1.807) is 11.0 Å². The van der Waals surface area contributed by atoms with E-state index in [0.29, 0.717) is 69.0 Å². The van der Waals surface area contributed by atoms with Crippen molar-refractivity contribution in [3.8, 4) is 17.6 Å². The minimum Gasteiger partial charge on any atom is -0.486 e. The first-order chi connectivity index (χ1) is 12.1. The van der Waals surface area contributed by atoms with E-state index in [2.05, 4.69) is 11.0 Å². The van der Waals surface area contributed by atoms with E-state index < -0.39 is 0 Å². The molecule has 0 saturated carbocycles. The smallest absolute Gasteiger partial charge is 0.409 e. The molecule has 0 unspecified atom stereocenters. The van der Waals surface area contributed by atoms with E-state index in [0.717, 1.165) is 5.69 Å². The van der Waals surface area contributed by atoms with Crippen LogP contribution in [-0.2, 0) is 4.74 Å². The molecule has 1 amide bonds. The third-order valence-corrected chi connectivity index (χ3v) is 4.17. The second-order valence-electron chi connectivity index (χ2n) is 6.58. The number of carbonyl (C=O) groups is 1. The molecule has 0 atom stereocenters. The third kappa shape index (κ3) is 3.90. The normalized spacial score (nSPS) is 16.6. The van der Waals surface area contributed by atoms with E-state index in [4.69, 9.17) is 14.2 Å². The summed E-state index contributed by atoms with van der Waals surface area (Å²) in [4.78, 5) is 15.9. The molecule has 0 bridgehead atoms. The molecule has 1 aromatic rings. The molecule has 1 aromatic carbocycles. The number of ether oxygens (including phenoxy) is 3. The second kappa shape index (κ2) is 7.51. The van der Waals surface area contributed by atoms with Crippen LogP contribution in [-0.4, -0.2) is 57.0 Å². The van der Waals surface area contributed by atoms with Gasteiger partial charge in [-0.1, -0.05) is 13.8 Å². The highest BCUT2D eigenvalue weighted by atomic mass is 16.6. The largest absolute Gasteiger partial charge is 0.486 e. The molecule has 1 saturated heterocycles. The Morgan fingerprint density at radius 1 is 1.24 bits per heavy atom. The lowest BCUT2D eigenvalue weighted by Gasteiger charge is -2.37. The molecule has 0 aromatic heterocycles. The fourth-order valence-electron chi connectivity index (χ4n) is 2.89. The molecule has 134 valence electrons. The van der Waals surface area contributed by atoms with Gasteiger partial charge in [0.25, 0.3) is 0 Å². The van der Waals surface area contributed by atoms with E-state index in [9.17, 15) is 10.1 Å². The number of benzene rings is 1. The lowest BCUT2D eigenvalue weighted by molar-refractivity contribution is 0.0900. The minimum atomic E-state index is -0.263. The number of nitrogens with zero attached hydrogens (tertiary/aromatic N) is 3. The van der Waals surface area contributed by atoms with Crippen molar-refractivity contribution < 1.29 is 19.0 Å². The topological polar surface area (TPSA) is 75.0 Å². The van der Waals surface area contributed by atoms with Crippen LogP contribution < -0.4 is 14.4 Å². The Hall–Kier alpha value is -2.62. The minimum absolute atomic E-state index is 0.263. The van der Waals surface area contributed by atoms with Gasteiger partial charge < -0.3 is 24.0 Å². The van der Waals surface area contributed by atoms with E-state index >= 15 is 0 Å². The van der Waals surface area contributed by atoms with Crippen LogP contribution in [0, 0.1) is 17.2 Å². The quantitative estimate of drug-likeness (QED) is 0.836. The lowest BCUT2D eigenvalue weighted by atomic mass is 10.1. The fourth-order valence-corrected chi connectivity index (χ4v) is 2.89. The molecule has 7 heteroatoms. The van der Waals surface area contributed by atoms with Gasteiger partial charge in [-0.05, 0) is 12.0 Å². The van der Waals surface area contributed by atoms with Gasteiger partial charge in [0.05, 0.1) is 23.9 Å². The van der Waals surface area contributed by atoms with Gasteiger partial charge in [-0.2, -0.15) is 5.26 Å². The van der Waals surface area contributed by atoms with Crippen molar-refractivity contribution in [2.45, 2.75) is 13.8 Å². The van der Waals surface area contributed by atoms with Gasteiger partial charge in [0.2, 0.25) is 0 Å². The van der Waals surface area contributed by atoms with Gasteiger partial charge >= 0.3 is 6.09 Å². The Kier molecular flexibility index (Phi) is 5.17. The maximum atomic E-state index is 12.1.